The van der Waals surface area contributed by atoms with Crippen LogP contribution in [0, 0.1) is 0 Å². The quantitative estimate of drug-likeness (QED) is 0.556. The summed E-state index contributed by atoms with van der Waals surface area (Å²) in [6, 6.07) is 14.0. The zero-order valence-electron chi connectivity index (χ0n) is 15.0. The summed E-state index contributed by atoms with van der Waals surface area (Å²) >= 11 is 0. The minimum Gasteiger partial charge on any atom is -0.466 e. The minimum atomic E-state index is -1.71. The second kappa shape index (κ2) is 6.63. The number of para-hydroxylation sites is 2. The van der Waals surface area contributed by atoms with E-state index in [1.807, 2.05) is 6.92 Å². The van der Waals surface area contributed by atoms with Crippen molar-refractivity contribution in [3.8, 4) is 5.69 Å². The van der Waals surface area contributed by atoms with Gasteiger partial charge in [0.15, 0.2) is 11.4 Å². The van der Waals surface area contributed by atoms with E-state index in [9.17, 15) is 14.7 Å². The van der Waals surface area contributed by atoms with Gasteiger partial charge in [-0.2, -0.15) is 0 Å². The van der Waals surface area contributed by atoms with Crippen LogP contribution in [0.4, 0.5) is 0 Å². The Kier molecular flexibility index (Phi) is 4.28. The highest BCUT2D eigenvalue weighted by molar-refractivity contribution is 5.80. The number of rotatable bonds is 5. The van der Waals surface area contributed by atoms with Gasteiger partial charge in [-0.05, 0) is 24.6 Å². The highest BCUT2D eigenvalue weighted by Crippen LogP contribution is 2.42. The van der Waals surface area contributed by atoms with E-state index >= 15 is 0 Å². The van der Waals surface area contributed by atoms with Crippen LogP contribution in [-0.4, -0.2) is 27.2 Å². The fraction of sp³-hybridized carbons (Fsp3) is 0.286. The summed E-state index contributed by atoms with van der Waals surface area (Å²) in [5.74, 6) is -0.364. The smallest absolute Gasteiger partial charge is 0.309 e. The van der Waals surface area contributed by atoms with Crippen molar-refractivity contribution < 1.29 is 14.6 Å². The molecule has 138 valence electrons. The molecule has 1 N–H and O–H groups in total. The van der Waals surface area contributed by atoms with Crippen molar-refractivity contribution in [2.24, 2.45) is 0 Å². The summed E-state index contributed by atoms with van der Waals surface area (Å²) in [6.07, 6.45) is 1.38. The van der Waals surface area contributed by atoms with E-state index in [1.165, 1.54) is 4.57 Å². The Bertz CT molecular complexity index is 1090. The van der Waals surface area contributed by atoms with E-state index < -0.39 is 11.6 Å². The highest BCUT2D eigenvalue weighted by Gasteiger charge is 2.46. The molecular formula is C21H20N2O4. The maximum atomic E-state index is 13.1. The van der Waals surface area contributed by atoms with Crippen molar-refractivity contribution in [2.75, 3.05) is 6.61 Å². The molecule has 0 radical (unpaired) electrons. The first kappa shape index (κ1) is 17.4. The van der Waals surface area contributed by atoms with Gasteiger partial charge in [-0.25, -0.2) is 4.98 Å². The Hall–Kier alpha value is -2.99. The number of fused-ring (bicyclic) bond motifs is 4. The normalized spacial score (nSPS) is 17.6. The van der Waals surface area contributed by atoms with Gasteiger partial charge in [0.25, 0.3) is 5.56 Å². The van der Waals surface area contributed by atoms with E-state index in [2.05, 4.69) is 4.98 Å². The van der Waals surface area contributed by atoms with Crippen molar-refractivity contribution in [1.82, 2.24) is 9.55 Å². The molecule has 0 bridgehead atoms. The number of esters is 1. The second-order valence-electron chi connectivity index (χ2n) is 6.72. The third-order valence-corrected chi connectivity index (χ3v) is 4.90. The predicted octanol–water partition coefficient (Wildman–Crippen LogP) is 2.67. The molecule has 1 aromatic heterocycles. The van der Waals surface area contributed by atoms with Crippen LogP contribution < -0.4 is 5.56 Å². The van der Waals surface area contributed by atoms with Crippen LogP contribution in [-0.2, 0) is 15.1 Å². The van der Waals surface area contributed by atoms with Gasteiger partial charge in [-0.15, -0.1) is 0 Å². The summed E-state index contributed by atoms with van der Waals surface area (Å²) in [5, 5.41) is 11.9. The van der Waals surface area contributed by atoms with Crippen LogP contribution in [0.1, 0.15) is 37.6 Å². The molecule has 3 aromatic rings. The molecule has 4 rings (SSSR count). The fourth-order valence-corrected chi connectivity index (χ4v) is 3.54. The van der Waals surface area contributed by atoms with Gasteiger partial charge in [-0.1, -0.05) is 43.7 Å². The van der Waals surface area contributed by atoms with Gasteiger partial charge >= 0.3 is 5.97 Å². The van der Waals surface area contributed by atoms with E-state index in [4.69, 9.17) is 4.74 Å². The first-order valence-electron chi connectivity index (χ1n) is 9.06. The largest absolute Gasteiger partial charge is 0.466 e. The van der Waals surface area contributed by atoms with Gasteiger partial charge in [0.2, 0.25) is 0 Å². The number of ether oxygens (including phenoxy) is 1. The summed E-state index contributed by atoms with van der Waals surface area (Å²) in [5.41, 5.74) is -0.460. The Morgan fingerprint density at radius 3 is 2.74 bits per heavy atom. The molecule has 1 unspecified atom stereocenters. The molecule has 27 heavy (non-hydrogen) atoms. The van der Waals surface area contributed by atoms with E-state index in [0.29, 0.717) is 28.8 Å². The molecule has 1 aliphatic heterocycles. The Labute approximate surface area is 156 Å². The summed E-state index contributed by atoms with van der Waals surface area (Å²) in [7, 11) is 0. The number of hydrogen-bond donors (Lipinski definition) is 1. The first-order valence-corrected chi connectivity index (χ1v) is 9.06. The average molecular weight is 364 g/mol. The number of nitrogens with zero attached hydrogens (tertiary/aromatic N) is 2. The number of carbonyl (C=O) groups excluding carboxylic acids is 1. The number of benzene rings is 2. The number of aliphatic hydroxyl groups is 1. The molecule has 0 spiro atoms. The Morgan fingerprint density at radius 1 is 1.19 bits per heavy atom. The third-order valence-electron chi connectivity index (χ3n) is 4.90. The lowest BCUT2D eigenvalue weighted by Crippen LogP contribution is -2.33. The summed E-state index contributed by atoms with van der Waals surface area (Å²) in [4.78, 5) is 30.0. The maximum absolute atomic E-state index is 13.1. The van der Waals surface area contributed by atoms with E-state index in [0.717, 1.165) is 12.8 Å². The molecule has 0 saturated heterocycles. The van der Waals surface area contributed by atoms with Crippen LogP contribution in [0.15, 0.2) is 53.3 Å². The highest BCUT2D eigenvalue weighted by atomic mass is 16.5. The lowest BCUT2D eigenvalue weighted by molar-refractivity contribution is -0.148. The van der Waals surface area contributed by atoms with Gasteiger partial charge in [0.05, 0.1) is 29.6 Å². The van der Waals surface area contributed by atoms with Crippen molar-refractivity contribution in [3.05, 3.63) is 70.3 Å². The van der Waals surface area contributed by atoms with Gasteiger partial charge in [0.1, 0.15) is 0 Å². The van der Waals surface area contributed by atoms with E-state index in [1.54, 1.807) is 48.5 Å². The van der Waals surface area contributed by atoms with Crippen molar-refractivity contribution >= 4 is 16.9 Å². The van der Waals surface area contributed by atoms with E-state index in [-0.39, 0.29) is 17.8 Å². The predicted molar refractivity (Wildman–Crippen MR) is 101 cm³/mol. The van der Waals surface area contributed by atoms with Crippen LogP contribution in [0.2, 0.25) is 0 Å². The minimum absolute atomic E-state index is 0.153. The lowest BCUT2D eigenvalue weighted by atomic mass is 9.91. The molecule has 2 aromatic carbocycles. The summed E-state index contributed by atoms with van der Waals surface area (Å²) < 4.78 is 6.64. The van der Waals surface area contributed by atoms with Crippen LogP contribution in [0.5, 0.6) is 0 Å². The number of aromatic nitrogens is 2. The molecule has 1 aliphatic rings. The van der Waals surface area contributed by atoms with Gasteiger partial charge in [-0.3, -0.25) is 14.2 Å². The van der Waals surface area contributed by atoms with Crippen LogP contribution >= 0.6 is 0 Å². The summed E-state index contributed by atoms with van der Waals surface area (Å²) in [6.45, 7) is 2.32. The standard InChI is InChI=1S/C21H20N2O4/c1-2-3-12-27-18(24)13-21(26)15-9-5-7-11-17(15)23-19(25)14-8-4-6-10-16(14)22-20(21)23/h4-11,26H,2-3,12-13H2,1H3. The van der Waals surface area contributed by atoms with Crippen molar-refractivity contribution in [3.63, 3.8) is 0 Å². The third kappa shape index (κ3) is 2.73. The Morgan fingerprint density at radius 2 is 1.93 bits per heavy atom. The number of carbonyl (C=O) groups is 1. The Balaban J connectivity index is 1.87. The number of unbranched alkanes of at least 4 members (excludes halogenated alkanes) is 1. The van der Waals surface area contributed by atoms with Crippen molar-refractivity contribution in [1.29, 1.82) is 0 Å². The molecule has 1 atom stereocenters. The molecule has 2 heterocycles. The molecule has 6 heteroatoms. The SMILES string of the molecule is CCCCOC(=O)CC1(O)c2ccccc2-n2c1nc1ccccc1c2=O. The molecular weight excluding hydrogens is 344 g/mol. The fourth-order valence-electron chi connectivity index (χ4n) is 3.54. The topological polar surface area (TPSA) is 81.4 Å². The lowest BCUT2D eigenvalue weighted by Gasteiger charge is -2.22. The number of hydrogen-bond acceptors (Lipinski definition) is 5. The van der Waals surface area contributed by atoms with Crippen molar-refractivity contribution in [2.45, 2.75) is 31.8 Å². The van der Waals surface area contributed by atoms with Gasteiger partial charge < -0.3 is 9.84 Å². The molecule has 0 fully saturated rings. The second-order valence-corrected chi connectivity index (χ2v) is 6.72. The average Bonchev–Trinajstić information content (AvgIpc) is 2.91. The van der Waals surface area contributed by atoms with Crippen LogP contribution in [0.25, 0.3) is 16.6 Å². The maximum Gasteiger partial charge on any atom is 0.309 e. The molecule has 0 aliphatic carbocycles. The molecule has 6 nitrogen and oxygen atoms in total. The monoisotopic (exact) mass is 364 g/mol. The van der Waals surface area contributed by atoms with Crippen LogP contribution in [0.3, 0.4) is 0 Å². The van der Waals surface area contributed by atoms with Gasteiger partial charge in [0, 0.05) is 5.56 Å². The molecule has 0 saturated carbocycles. The zero-order valence-corrected chi connectivity index (χ0v) is 15.0. The zero-order chi connectivity index (χ0) is 19.0. The molecule has 0 amide bonds. The first-order chi connectivity index (χ1) is 13.1.